The van der Waals surface area contributed by atoms with Crippen molar-refractivity contribution in [2.24, 2.45) is 13.0 Å². The molecule has 0 aliphatic carbocycles. The molecule has 1 unspecified atom stereocenters. The number of aromatic nitrogens is 1. The topological polar surface area (TPSA) is 17.0 Å². The fraction of sp³-hybridized carbons (Fsp3) is 0.714. The zero-order valence-corrected chi connectivity index (χ0v) is 11.2. The Kier molecular flexibility index (Phi) is 5.61. The van der Waals surface area contributed by atoms with E-state index < -0.39 is 0 Å². The summed E-state index contributed by atoms with van der Waals surface area (Å²) in [5, 5.41) is 3.58. The monoisotopic (exact) mass is 222 g/mol. The van der Waals surface area contributed by atoms with Crippen LogP contribution in [0.3, 0.4) is 0 Å². The van der Waals surface area contributed by atoms with Crippen molar-refractivity contribution in [2.45, 2.75) is 52.6 Å². The minimum Gasteiger partial charge on any atom is -0.353 e. The van der Waals surface area contributed by atoms with Gasteiger partial charge in [-0.15, -0.1) is 0 Å². The van der Waals surface area contributed by atoms with E-state index in [1.165, 1.54) is 25.0 Å². The molecular weight excluding hydrogens is 196 g/mol. The molecule has 1 heterocycles. The molecule has 0 radical (unpaired) electrons. The second-order valence-electron chi connectivity index (χ2n) is 5.22. The summed E-state index contributed by atoms with van der Waals surface area (Å²) in [6, 6.07) is 4.89. The molecule has 1 atom stereocenters. The van der Waals surface area contributed by atoms with Crippen molar-refractivity contribution in [1.82, 2.24) is 9.88 Å². The standard InChI is InChI=1S/C14H26N2/c1-12(2)7-5-8-13(3)15-11-14-9-6-10-16(14)4/h6,9-10,12-13,15H,5,7-8,11H2,1-4H3. The highest BCUT2D eigenvalue weighted by Crippen LogP contribution is 2.08. The number of nitrogens with zero attached hydrogens (tertiary/aromatic N) is 1. The predicted molar refractivity (Wildman–Crippen MR) is 70.4 cm³/mol. The van der Waals surface area contributed by atoms with Gasteiger partial charge in [0.05, 0.1) is 0 Å². The van der Waals surface area contributed by atoms with Gasteiger partial charge in [-0.1, -0.05) is 26.7 Å². The van der Waals surface area contributed by atoms with Crippen molar-refractivity contribution < 1.29 is 0 Å². The summed E-state index contributed by atoms with van der Waals surface area (Å²) in [4.78, 5) is 0. The third-order valence-electron chi connectivity index (χ3n) is 3.10. The number of aryl methyl sites for hydroxylation is 1. The molecule has 2 heteroatoms. The molecule has 0 spiro atoms. The normalized spacial score (nSPS) is 13.3. The predicted octanol–water partition coefficient (Wildman–Crippen LogP) is 3.33. The fourth-order valence-corrected chi connectivity index (χ4v) is 1.89. The zero-order valence-electron chi connectivity index (χ0n) is 11.2. The average molecular weight is 222 g/mol. The summed E-state index contributed by atoms with van der Waals surface area (Å²) < 4.78 is 2.17. The maximum absolute atomic E-state index is 3.58. The van der Waals surface area contributed by atoms with Gasteiger partial charge in [-0.3, -0.25) is 0 Å². The van der Waals surface area contributed by atoms with E-state index in [1.807, 2.05) is 0 Å². The van der Waals surface area contributed by atoms with Gasteiger partial charge in [-0.2, -0.15) is 0 Å². The molecule has 1 N–H and O–H groups in total. The van der Waals surface area contributed by atoms with Crippen molar-refractivity contribution in [2.75, 3.05) is 0 Å². The Morgan fingerprint density at radius 2 is 2.00 bits per heavy atom. The van der Waals surface area contributed by atoms with Crippen LogP contribution in [0.5, 0.6) is 0 Å². The number of nitrogens with one attached hydrogen (secondary N) is 1. The maximum atomic E-state index is 3.58. The quantitative estimate of drug-likeness (QED) is 0.749. The Balaban J connectivity index is 2.15. The first-order chi connectivity index (χ1) is 7.59. The Morgan fingerprint density at radius 1 is 1.25 bits per heavy atom. The van der Waals surface area contributed by atoms with Crippen molar-refractivity contribution in [3.05, 3.63) is 24.0 Å². The van der Waals surface area contributed by atoms with Crippen LogP contribution in [-0.2, 0) is 13.6 Å². The van der Waals surface area contributed by atoms with Crippen LogP contribution in [0.25, 0.3) is 0 Å². The van der Waals surface area contributed by atoms with Crippen LogP contribution in [0.1, 0.15) is 45.7 Å². The highest BCUT2D eigenvalue weighted by molar-refractivity contribution is 5.06. The summed E-state index contributed by atoms with van der Waals surface area (Å²) in [7, 11) is 2.10. The van der Waals surface area contributed by atoms with Crippen LogP contribution in [0.4, 0.5) is 0 Å². The van der Waals surface area contributed by atoms with Crippen LogP contribution >= 0.6 is 0 Å². The molecule has 0 saturated carbocycles. The van der Waals surface area contributed by atoms with Crippen molar-refractivity contribution in [3.8, 4) is 0 Å². The molecule has 16 heavy (non-hydrogen) atoms. The van der Waals surface area contributed by atoms with Crippen molar-refractivity contribution >= 4 is 0 Å². The summed E-state index contributed by atoms with van der Waals surface area (Å²) in [6.07, 6.45) is 6.05. The molecule has 0 aromatic carbocycles. The number of rotatable bonds is 7. The van der Waals surface area contributed by atoms with E-state index in [-0.39, 0.29) is 0 Å². The summed E-state index contributed by atoms with van der Waals surface area (Å²) in [5.41, 5.74) is 1.36. The smallest absolute Gasteiger partial charge is 0.0361 e. The SMILES string of the molecule is CC(C)CCCC(C)NCc1cccn1C. The molecule has 0 fully saturated rings. The van der Waals surface area contributed by atoms with Gasteiger partial charge in [-0.05, 0) is 31.4 Å². The maximum Gasteiger partial charge on any atom is 0.0361 e. The molecule has 1 aromatic rings. The van der Waals surface area contributed by atoms with Gasteiger partial charge in [0.2, 0.25) is 0 Å². The molecule has 0 aliphatic heterocycles. The van der Waals surface area contributed by atoms with Crippen LogP contribution in [0, 0.1) is 5.92 Å². The molecular formula is C14H26N2. The largest absolute Gasteiger partial charge is 0.353 e. The Labute approximate surface area is 100 Å². The van der Waals surface area contributed by atoms with E-state index >= 15 is 0 Å². The van der Waals surface area contributed by atoms with E-state index in [9.17, 15) is 0 Å². The van der Waals surface area contributed by atoms with E-state index in [0.717, 1.165) is 12.5 Å². The molecule has 0 aliphatic rings. The van der Waals surface area contributed by atoms with Gasteiger partial charge >= 0.3 is 0 Å². The first-order valence-electron chi connectivity index (χ1n) is 6.43. The second-order valence-corrected chi connectivity index (χ2v) is 5.22. The third-order valence-corrected chi connectivity index (χ3v) is 3.10. The zero-order chi connectivity index (χ0) is 12.0. The molecule has 1 rings (SSSR count). The van der Waals surface area contributed by atoms with Crippen LogP contribution in [0.15, 0.2) is 18.3 Å². The first-order valence-corrected chi connectivity index (χ1v) is 6.43. The second kappa shape index (κ2) is 6.74. The fourth-order valence-electron chi connectivity index (χ4n) is 1.89. The van der Waals surface area contributed by atoms with Gasteiger partial charge in [0.15, 0.2) is 0 Å². The number of hydrogen-bond acceptors (Lipinski definition) is 1. The van der Waals surface area contributed by atoms with E-state index in [0.29, 0.717) is 6.04 Å². The van der Waals surface area contributed by atoms with Crippen LogP contribution in [-0.4, -0.2) is 10.6 Å². The minimum absolute atomic E-state index is 0.619. The van der Waals surface area contributed by atoms with Crippen molar-refractivity contribution in [3.63, 3.8) is 0 Å². The lowest BCUT2D eigenvalue weighted by Gasteiger charge is -2.14. The summed E-state index contributed by atoms with van der Waals surface area (Å²) >= 11 is 0. The molecule has 2 nitrogen and oxygen atoms in total. The Hall–Kier alpha value is -0.760. The van der Waals surface area contributed by atoms with Gasteiger partial charge in [0.1, 0.15) is 0 Å². The van der Waals surface area contributed by atoms with Crippen LogP contribution < -0.4 is 5.32 Å². The van der Waals surface area contributed by atoms with Gasteiger partial charge in [-0.25, -0.2) is 0 Å². The Morgan fingerprint density at radius 3 is 2.56 bits per heavy atom. The minimum atomic E-state index is 0.619. The molecule has 0 saturated heterocycles. The lowest BCUT2D eigenvalue weighted by atomic mass is 10.0. The molecule has 92 valence electrons. The van der Waals surface area contributed by atoms with E-state index in [1.54, 1.807) is 0 Å². The molecule has 0 amide bonds. The number of hydrogen-bond donors (Lipinski definition) is 1. The average Bonchev–Trinajstić information content (AvgIpc) is 2.60. The highest BCUT2D eigenvalue weighted by atomic mass is 15.0. The van der Waals surface area contributed by atoms with Gasteiger partial charge in [0, 0.05) is 31.5 Å². The molecule has 1 aromatic heterocycles. The lowest BCUT2D eigenvalue weighted by Crippen LogP contribution is -2.26. The summed E-state index contributed by atoms with van der Waals surface area (Å²) in [6.45, 7) is 7.85. The summed E-state index contributed by atoms with van der Waals surface area (Å²) in [5.74, 6) is 0.833. The van der Waals surface area contributed by atoms with Gasteiger partial charge in [0.25, 0.3) is 0 Å². The third kappa shape index (κ3) is 4.84. The van der Waals surface area contributed by atoms with Gasteiger partial charge < -0.3 is 9.88 Å². The molecule has 0 bridgehead atoms. The first kappa shape index (κ1) is 13.3. The van der Waals surface area contributed by atoms with E-state index in [2.05, 4.69) is 56.0 Å². The van der Waals surface area contributed by atoms with Crippen LogP contribution in [0.2, 0.25) is 0 Å². The van der Waals surface area contributed by atoms with Crippen molar-refractivity contribution in [1.29, 1.82) is 0 Å². The Bertz CT molecular complexity index is 289. The van der Waals surface area contributed by atoms with E-state index in [4.69, 9.17) is 0 Å². The highest BCUT2D eigenvalue weighted by Gasteiger charge is 2.03. The lowest BCUT2D eigenvalue weighted by molar-refractivity contribution is 0.453.